The molecule has 1 atom stereocenters. The Labute approximate surface area is 163 Å². The third-order valence-corrected chi connectivity index (χ3v) is 6.66. The van der Waals surface area contributed by atoms with Gasteiger partial charge >= 0.3 is 7.12 Å². The van der Waals surface area contributed by atoms with Crippen LogP contribution in [-0.2, 0) is 14.7 Å². The number of hydrogen-bond donors (Lipinski definition) is 1. The standard InChI is InChI=1S/C23H31BO3/c1-16(2)23(7,18-10-14-20(25)15-11-18)17-8-12-19(13-9-17)24-26-21(3,4)22(5,6)27-24/h8-16,25H,1-7H3/t23-/m0/s1. The Bertz CT molecular complexity index is 777. The number of phenols is 1. The normalized spacial score (nSPS) is 20.7. The second kappa shape index (κ2) is 6.68. The van der Waals surface area contributed by atoms with E-state index in [1.165, 1.54) is 11.1 Å². The summed E-state index contributed by atoms with van der Waals surface area (Å²) in [5.41, 5.74) is 2.64. The van der Waals surface area contributed by atoms with Crippen LogP contribution in [0.2, 0.25) is 0 Å². The van der Waals surface area contributed by atoms with Crippen LogP contribution in [0.3, 0.4) is 0 Å². The zero-order valence-corrected chi connectivity index (χ0v) is 17.5. The van der Waals surface area contributed by atoms with E-state index in [0.29, 0.717) is 11.7 Å². The van der Waals surface area contributed by atoms with Crippen LogP contribution in [-0.4, -0.2) is 23.4 Å². The predicted octanol–water partition coefficient (Wildman–Crippen LogP) is 4.65. The molecule has 1 heterocycles. The maximum atomic E-state index is 9.65. The summed E-state index contributed by atoms with van der Waals surface area (Å²) in [4.78, 5) is 0. The van der Waals surface area contributed by atoms with Gasteiger partial charge in [0.15, 0.2) is 0 Å². The molecule has 0 aliphatic carbocycles. The SMILES string of the molecule is CC(C)[C@](C)(c1ccc(O)cc1)c1ccc(B2OC(C)(C)C(C)(C)O2)cc1. The number of aromatic hydroxyl groups is 1. The van der Waals surface area contributed by atoms with Crippen molar-refractivity contribution in [2.75, 3.05) is 0 Å². The molecule has 2 aromatic carbocycles. The first kappa shape index (κ1) is 20.0. The molecule has 144 valence electrons. The number of phenolic OH excluding ortho intramolecular Hbond substituents is 1. The van der Waals surface area contributed by atoms with Gasteiger partial charge < -0.3 is 14.4 Å². The van der Waals surface area contributed by atoms with E-state index in [0.717, 1.165) is 5.46 Å². The van der Waals surface area contributed by atoms with Crippen molar-refractivity contribution in [3.8, 4) is 5.75 Å². The molecule has 1 aliphatic heterocycles. The zero-order valence-electron chi connectivity index (χ0n) is 17.5. The van der Waals surface area contributed by atoms with Gasteiger partial charge in [-0.15, -0.1) is 0 Å². The first-order chi connectivity index (χ1) is 12.5. The van der Waals surface area contributed by atoms with Gasteiger partial charge in [-0.3, -0.25) is 0 Å². The van der Waals surface area contributed by atoms with Crippen LogP contribution in [0.15, 0.2) is 48.5 Å². The zero-order chi connectivity index (χ0) is 20.0. The van der Waals surface area contributed by atoms with Gasteiger partial charge in [0.1, 0.15) is 5.75 Å². The molecule has 27 heavy (non-hydrogen) atoms. The Morgan fingerprint density at radius 3 is 1.63 bits per heavy atom. The average molecular weight is 366 g/mol. The molecule has 0 aromatic heterocycles. The van der Waals surface area contributed by atoms with E-state index in [1.807, 2.05) is 12.1 Å². The monoisotopic (exact) mass is 366 g/mol. The molecule has 0 spiro atoms. The van der Waals surface area contributed by atoms with Crippen molar-refractivity contribution in [1.29, 1.82) is 0 Å². The van der Waals surface area contributed by atoms with Crippen LogP contribution < -0.4 is 5.46 Å². The molecule has 1 aliphatic rings. The molecule has 0 amide bonds. The molecule has 1 N–H and O–H groups in total. The molecule has 0 saturated carbocycles. The summed E-state index contributed by atoms with van der Waals surface area (Å²) in [5, 5.41) is 9.65. The lowest BCUT2D eigenvalue weighted by Gasteiger charge is -2.35. The molecule has 3 rings (SSSR count). The summed E-state index contributed by atoms with van der Waals surface area (Å²) in [7, 11) is -0.344. The molecule has 4 heteroatoms. The lowest BCUT2D eigenvalue weighted by molar-refractivity contribution is 0.00578. The van der Waals surface area contributed by atoms with Crippen LogP contribution >= 0.6 is 0 Å². The fourth-order valence-corrected chi connectivity index (χ4v) is 3.61. The lowest BCUT2D eigenvalue weighted by atomic mass is 9.67. The van der Waals surface area contributed by atoms with Gasteiger partial charge in [-0.2, -0.15) is 0 Å². The second-order valence-electron chi connectivity index (χ2n) is 9.11. The van der Waals surface area contributed by atoms with E-state index in [9.17, 15) is 5.11 Å². The maximum absolute atomic E-state index is 9.65. The van der Waals surface area contributed by atoms with Gasteiger partial charge in [0.2, 0.25) is 0 Å². The smallest absolute Gasteiger partial charge is 0.494 e. The molecule has 0 radical (unpaired) electrons. The third kappa shape index (κ3) is 3.41. The van der Waals surface area contributed by atoms with Gasteiger partial charge in [0, 0.05) is 5.41 Å². The van der Waals surface area contributed by atoms with E-state index in [2.05, 4.69) is 72.7 Å². The molecule has 0 unspecified atom stereocenters. The Hall–Kier alpha value is -1.78. The summed E-state index contributed by atoms with van der Waals surface area (Å²) in [6.07, 6.45) is 0. The highest BCUT2D eigenvalue weighted by Crippen LogP contribution is 2.40. The summed E-state index contributed by atoms with van der Waals surface area (Å²) >= 11 is 0. The molecular weight excluding hydrogens is 335 g/mol. The summed E-state index contributed by atoms with van der Waals surface area (Å²) in [6.45, 7) is 15.0. The Kier molecular flexibility index (Phi) is 4.94. The molecule has 1 fully saturated rings. The van der Waals surface area contributed by atoms with Crippen molar-refractivity contribution in [3.05, 3.63) is 59.7 Å². The van der Waals surface area contributed by atoms with Crippen LogP contribution in [0.4, 0.5) is 0 Å². The minimum Gasteiger partial charge on any atom is -0.508 e. The van der Waals surface area contributed by atoms with E-state index < -0.39 is 0 Å². The topological polar surface area (TPSA) is 38.7 Å². The molecular formula is C23H31BO3. The average Bonchev–Trinajstić information content (AvgIpc) is 2.82. The van der Waals surface area contributed by atoms with Gasteiger partial charge in [0.25, 0.3) is 0 Å². The number of hydrogen-bond acceptors (Lipinski definition) is 3. The van der Waals surface area contributed by atoms with Crippen molar-refractivity contribution in [2.45, 2.75) is 65.1 Å². The van der Waals surface area contributed by atoms with E-state index >= 15 is 0 Å². The highest BCUT2D eigenvalue weighted by atomic mass is 16.7. The molecule has 0 bridgehead atoms. The first-order valence-corrected chi connectivity index (χ1v) is 9.73. The summed E-state index contributed by atoms with van der Waals surface area (Å²) in [5.74, 6) is 0.686. The van der Waals surface area contributed by atoms with Crippen molar-refractivity contribution >= 4 is 12.6 Å². The van der Waals surface area contributed by atoms with Gasteiger partial charge in [-0.05, 0) is 62.3 Å². The predicted molar refractivity (Wildman–Crippen MR) is 112 cm³/mol. The van der Waals surface area contributed by atoms with Gasteiger partial charge in [0.05, 0.1) is 11.2 Å². The lowest BCUT2D eigenvalue weighted by Crippen LogP contribution is -2.41. The van der Waals surface area contributed by atoms with E-state index in [1.54, 1.807) is 12.1 Å². The third-order valence-electron chi connectivity index (χ3n) is 6.66. The van der Waals surface area contributed by atoms with Crippen LogP contribution in [0, 0.1) is 5.92 Å². The van der Waals surface area contributed by atoms with E-state index in [4.69, 9.17) is 9.31 Å². The van der Waals surface area contributed by atoms with Crippen LogP contribution in [0.1, 0.15) is 59.6 Å². The van der Waals surface area contributed by atoms with Gasteiger partial charge in [-0.25, -0.2) is 0 Å². The summed E-state index contributed by atoms with van der Waals surface area (Å²) < 4.78 is 12.3. The highest BCUT2D eigenvalue weighted by Gasteiger charge is 2.51. The first-order valence-electron chi connectivity index (χ1n) is 9.73. The molecule has 2 aromatic rings. The number of benzene rings is 2. The Morgan fingerprint density at radius 1 is 0.815 bits per heavy atom. The van der Waals surface area contributed by atoms with Crippen LogP contribution in [0.25, 0.3) is 0 Å². The van der Waals surface area contributed by atoms with Crippen LogP contribution in [0.5, 0.6) is 5.75 Å². The minimum absolute atomic E-state index is 0.151. The summed E-state index contributed by atoms with van der Waals surface area (Å²) in [6, 6.07) is 16.1. The van der Waals surface area contributed by atoms with Crippen molar-refractivity contribution < 1.29 is 14.4 Å². The molecule has 1 saturated heterocycles. The van der Waals surface area contributed by atoms with Crippen molar-refractivity contribution in [2.24, 2.45) is 5.92 Å². The van der Waals surface area contributed by atoms with Crippen molar-refractivity contribution in [3.63, 3.8) is 0 Å². The Balaban J connectivity index is 1.92. The fourth-order valence-electron chi connectivity index (χ4n) is 3.61. The van der Waals surface area contributed by atoms with Gasteiger partial charge in [-0.1, -0.05) is 57.2 Å². The Morgan fingerprint density at radius 2 is 1.22 bits per heavy atom. The van der Waals surface area contributed by atoms with Crippen molar-refractivity contribution in [1.82, 2.24) is 0 Å². The minimum atomic E-state index is -0.344. The molecule has 3 nitrogen and oxygen atoms in total. The fraction of sp³-hybridized carbons (Fsp3) is 0.478. The largest absolute Gasteiger partial charge is 0.508 e. The second-order valence-corrected chi connectivity index (χ2v) is 9.11. The maximum Gasteiger partial charge on any atom is 0.494 e. The number of rotatable bonds is 4. The highest BCUT2D eigenvalue weighted by molar-refractivity contribution is 6.62. The quantitative estimate of drug-likeness (QED) is 0.801. The van der Waals surface area contributed by atoms with E-state index in [-0.39, 0.29) is 23.7 Å².